The van der Waals surface area contributed by atoms with Gasteiger partial charge in [-0.15, -0.1) is 11.8 Å². The lowest BCUT2D eigenvalue weighted by Crippen LogP contribution is -2.24. The van der Waals surface area contributed by atoms with Gasteiger partial charge in [-0.2, -0.15) is 0 Å². The molecule has 1 atom stereocenters. The number of carbonyl (C=O) groups is 2. The Hall–Kier alpha value is -4.10. The summed E-state index contributed by atoms with van der Waals surface area (Å²) in [4.78, 5) is 23.6. The first-order chi connectivity index (χ1) is 19.4. The van der Waals surface area contributed by atoms with E-state index >= 15 is 4.39 Å². The Labute approximate surface area is 236 Å². The van der Waals surface area contributed by atoms with Crippen molar-refractivity contribution in [2.24, 2.45) is 0 Å². The van der Waals surface area contributed by atoms with E-state index in [1.165, 1.54) is 6.07 Å². The molecule has 0 fully saturated rings. The number of thioether (sulfide) groups is 1. The van der Waals surface area contributed by atoms with Gasteiger partial charge in [0.2, 0.25) is 0 Å². The van der Waals surface area contributed by atoms with Gasteiger partial charge in [0, 0.05) is 22.1 Å². The minimum Gasteiger partial charge on any atom is -0.481 e. The number of aliphatic carboxylic acids is 1. The number of rotatable bonds is 11. The summed E-state index contributed by atoms with van der Waals surface area (Å²) in [6.07, 6.45) is 1.20. The molecule has 0 amide bonds. The van der Waals surface area contributed by atoms with E-state index in [1.807, 2.05) is 67.6 Å². The average Bonchev–Trinajstić information content (AvgIpc) is 3.35. The zero-order valence-corrected chi connectivity index (χ0v) is 22.9. The lowest BCUT2D eigenvalue weighted by Gasteiger charge is -2.14. The van der Waals surface area contributed by atoms with Crippen molar-refractivity contribution in [3.05, 3.63) is 96.3 Å². The van der Waals surface area contributed by atoms with E-state index in [0.29, 0.717) is 12.0 Å². The summed E-state index contributed by atoms with van der Waals surface area (Å²) in [6.45, 7) is 2.22. The molecule has 0 bridgehead atoms. The number of halogens is 1. The molecular formula is C33H29FO5S. The molecule has 1 heterocycles. The molecule has 0 aliphatic rings. The van der Waals surface area contributed by atoms with Crippen molar-refractivity contribution in [2.75, 3.05) is 6.61 Å². The van der Waals surface area contributed by atoms with Crippen LogP contribution in [-0.4, -0.2) is 28.9 Å². The molecule has 7 heteroatoms. The summed E-state index contributed by atoms with van der Waals surface area (Å²) in [5, 5.41) is 10.4. The molecule has 0 aliphatic heterocycles. The number of hydrogen-bond acceptors (Lipinski definition) is 5. The van der Waals surface area contributed by atoms with Crippen molar-refractivity contribution in [1.29, 1.82) is 0 Å². The third-order valence-corrected chi connectivity index (χ3v) is 8.03. The third-order valence-electron chi connectivity index (χ3n) is 6.79. The van der Waals surface area contributed by atoms with Crippen molar-refractivity contribution in [2.45, 2.75) is 37.2 Å². The number of para-hydroxylation sites is 2. The highest BCUT2D eigenvalue weighted by Gasteiger charge is 2.24. The van der Waals surface area contributed by atoms with Crippen molar-refractivity contribution in [3.63, 3.8) is 0 Å². The number of esters is 1. The van der Waals surface area contributed by atoms with Crippen molar-refractivity contribution >= 4 is 45.6 Å². The second kappa shape index (κ2) is 12.4. The van der Waals surface area contributed by atoms with Crippen LogP contribution in [0.5, 0.6) is 0 Å². The number of carboxylic acids is 1. The number of ether oxygens (including phenoxy) is 1. The Balaban J connectivity index is 1.31. The van der Waals surface area contributed by atoms with E-state index in [0.717, 1.165) is 62.4 Å². The normalized spacial score (nSPS) is 12.1. The fourth-order valence-electron chi connectivity index (χ4n) is 4.63. The van der Waals surface area contributed by atoms with Crippen LogP contribution in [0, 0.1) is 5.82 Å². The van der Waals surface area contributed by atoms with E-state index in [4.69, 9.17) is 9.15 Å². The number of carbonyl (C=O) groups excluding carboxylic acids is 1. The fourth-order valence-corrected chi connectivity index (χ4v) is 5.71. The summed E-state index contributed by atoms with van der Waals surface area (Å²) in [5.74, 6) is -1.92. The molecule has 1 N–H and O–H groups in total. The minimum atomic E-state index is -1.10. The maximum atomic E-state index is 15.1. The van der Waals surface area contributed by atoms with Crippen LogP contribution in [0.2, 0.25) is 0 Å². The Morgan fingerprint density at radius 3 is 2.40 bits per heavy atom. The Bertz CT molecular complexity index is 1660. The Morgan fingerprint density at radius 2 is 1.65 bits per heavy atom. The van der Waals surface area contributed by atoms with Crippen LogP contribution in [0.3, 0.4) is 0 Å². The number of fused-ring (bicyclic) bond motifs is 3. The van der Waals surface area contributed by atoms with Crippen molar-refractivity contribution in [1.82, 2.24) is 0 Å². The molecule has 1 aromatic heterocycles. The standard InChI is InChI=1S/C33H29FO5S/c1-2-3-17-38-33(37)30(19-31(35)36)40-20-24-16-15-23(18-28(24)34)21-11-13-22(14-12-21)25-8-6-9-27-26-7-4-5-10-29(26)39-32(25)27/h4-16,18,30H,2-3,17,19-20H2,1H3,(H,35,36). The molecule has 0 spiro atoms. The first-order valence-corrected chi connectivity index (χ1v) is 14.3. The average molecular weight is 557 g/mol. The maximum Gasteiger partial charge on any atom is 0.319 e. The largest absolute Gasteiger partial charge is 0.481 e. The maximum absolute atomic E-state index is 15.1. The van der Waals surface area contributed by atoms with Crippen LogP contribution in [0.25, 0.3) is 44.2 Å². The summed E-state index contributed by atoms with van der Waals surface area (Å²) < 4.78 is 26.4. The van der Waals surface area contributed by atoms with Crippen LogP contribution >= 0.6 is 11.8 Å². The second-order valence-electron chi connectivity index (χ2n) is 9.58. The number of furan rings is 1. The molecule has 0 aliphatic carbocycles. The molecular weight excluding hydrogens is 527 g/mol. The van der Waals surface area contributed by atoms with Gasteiger partial charge in [-0.1, -0.05) is 86.1 Å². The summed E-state index contributed by atoms with van der Waals surface area (Å²) in [7, 11) is 0. The van der Waals surface area contributed by atoms with E-state index in [-0.39, 0.29) is 18.8 Å². The third kappa shape index (κ3) is 6.05. The quantitative estimate of drug-likeness (QED) is 0.130. The van der Waals surface area contributed by atoms with E-state index in [1.54, 1.807) is 6.07 Å². The zero-order chi connectivity index (χ0) is 28.1. The molecule has 0 saturated heterocycles. The molecule has 5 aromatic rings. The van der Waals surface area contributed by atoms with Crippen LogP contribution in [0.15, 0.2) is 89.3 Å². The van der Waals surface area contributed by atoms with Gasteiger partial charge in [0.15, 0.2) is 0 Å². The highest BCUT2D eigenvalue weighted by molar-refractivity contribution is 7.99. The molecule has 0 saturated carbocycles. The van der Waals surface area contributed by atoms with Crippen LogP contribution < -0.4 is 0 Å². The van der Waals surface area contributed by atoms with Gasteiger partial charge in [-0.25, -0.2) is 4.39 Å². The molecule has 4 aromatic carbocycles. The van der Waals surface area contributed by atoms with Crippen LogP contribution in [0.1, 0.15) is 31.7 Å². The first kappa shape index (κ1) is 27.5. The van der Waals surface area contributed by atoms with E-state index < -0.39 is 23.0 Å². The molecule has 5 rings (SSSR count). The van der Waals surface area contributed by atoms with Gasteiger partial charge in [0.05, 0.1) is 13.0 Å². The number of unbranched alkanes of at least 4 members (excludes halogenated alkanes) is 1. The minimum absolute atomic E-state index is 0.160. The first-order valence-electron chi connectivity index (χ1n) is 13.2. The summed E-state index contributed by atoms with van der Waals surface area (Å²) in [6, 6.07) is 27.0. The number of carboxylic acid groups (broad SMARTS) is 1. The lowest BCUT2D eigenvalue weighted by molar-refractivity contribution is -0.147. The molecule has 5 nitrogen and oxygen atoms in total. The Morgan fingerprint density at radius 1 is 0.925 bits per heavy atom. The smallest absolute Gasteiger partial charge is 0.319 e. The number of benzene rings is 4. The van der Waals surface area contributed by atoms with Gasteiger partial charge in [0.1, 0.15) is 22.2 Å². The summed E-state index contributed by atoms with van der Waals surface area (Å²) >= 11 is 1.08. The van der Waals surface area contributed by atoms with Gasteiger partial charge < -0.3 is 14.3 Å². The van der Waals surface area contributed by atoms with Gasteiger partial charge in [-0.05, 0) is 40.8 Å². The Kier molecular flexibility index (Phi) is 8.51. The predicted octanol–water partition coefficient (Wildman–Crippen LogP) is 8.48. The van der Waals surface area contributed by atoms with Crippen LogP contribution in [-0.2, 0) is 20.1 Å². The predicted molar refractivity (Wildman–Crippen MR) is 158 cm³/mol. The number of hydrogen-bond donors (Lipinski definition) is 1. The second-order valence-corrected chi connectivity index (χ2v) is 10.8. The zero-order valence-electron chi connectivity index (χ0n) is 22.1. The highest BCUT2D eigenvalue weighted by Crippen LogP contribution is 2.36. The molecule has 1 unspecified atom stereocenters. The fraction of sp³-hybridized carbons (Fsp3) is 0.212. The summed E-state index contributed by atoms with van der Waals surface area (Å²) in [5.41, 5.74) is 5.65. The monoisotopic (exact) mass is 556 g/mol. The van der Waals surface area contributed by atoms with E-state index in [2.05, 4.69) is 12.1 Å². The van der Waals surface area contributed by atoms with Crippen LogP contribution in [0.4, 0.5) is 4.39 Å². The molecule has 40 heavy (non-hydrogen) atoms. The van der Waals surface area contributed by atoms with Gasteiger partial charge in [0.25, 0.3) is 0 Å². The van der Waals surface area contributed by atoms with Gasteiger partial charge >= 0.3 is 11.9 Å². The van der Waals surface area contributed by atoms with E-state index in [9.17, 15) is 14.7 Å². The van der Waals surface area contributed by atoms with Gasteiger partial charge in [-0.3, -0.25) is 9.59 Å². The van der Waals surface area contributed by atoms with Crippen molar-refractivity contribution in [3.8, 4) is 22.3 Å². The van der Waals surface area contributed by atoms with Crippen molar-refractivity contribution < 1.29 is 28.2 Å². The highest BCUT2D eigenvalue weighted by atomic mass is 32.2. The molecule has 204 valence electrons. The topological polar surface area (TPSA) is 76.7 Å². The molecule has 0 radical (unpaired) electrons. The SMILES string of the molecule is CCCCOC(=O)C(CC(=O)O)SCc1ccc(-c2ccc(-c3cccc4c3oc3ccccc34)cc2)cc1F. The lowest BCUT2D eigenvalue weighted by atomic mass is 9.98.